The normalized spacial score (nSPS) is 25.1. The topological polar surface area (TPSA) is 71.5 Å². The van der Waals surface area contributed by atoms with E-state index in [0.717, 1.165) is 0 Å². The number of amides is 1. The van der Waals surface area contributed by atoms with Crippen LogP contribution < -0.4 is 5.73 Å². The molecule has 0 aliphatic carbocycles. The summed E-state index contributed by atoms with van der Waals surface area (Å²) >= 11 is 0. The van der Waals surface area contributed by atoms with Gasteiger partial charge in [-0.1, -0.05) is 0 Å². The number of carbonyl (C=O) groups excluding carboxylic acids is 1. The molecule has 2 heterocycles. The third-order valence-corrected chi connectivity index (χ3v) is 2.98. The van der Waals surface area contributed by atoms with Gasteiger partial charge in [-0.2, -0.15) is 0 Å². The van der Waals surface area contributed by atoms with E-state index in [1.54, 1.807) is 35.7 Å². The number of likely N-dealkylation sites (tertiary alicyclic amines) is 1. The average molecular weight is 223 g/mol. The van der Waals surface area contributed by atoms with Crippen molar-refractivity contribution in [1.29, 1.82) is 0 Å². The van der Waals surface area contributed by atoms with E-state index in [0.29, 0.717) is 30.9 Å². The second-order valence-corrected chi connectivity index (χ2v) is 4.74. The number of aromatic nitrogens is 1. The van der Waals surface area contributed by atoms with Crippen LogP contribution in [0.2, 0.25) is 0 Å². The van der Waals surface area contributed by atoms with Gasteiger partial charge < -0.3 is 20.3 Å². The molecular weight excluding hydrogens is 206 g/mol. The number of β-amino-alcohol motifs (C(OH)–C–C–N with tert-alkyl or cyclic N) is 1. The molecule has 1 unspecified atom stereocenters. The van der Waals surface area contributed by atoms with E-state index in [1.807, 2.05) is 0 Å². The zero-order valence-corrected chi connectivity index (χ0v) is 9.60. The zero-order valence-electron chi connectivity index (χ0n) is 9.60. The lowest BCUT2D eigenvalue weighted by Gasteiger charge is -2.19. The van der Waals surface area contributed by atoms with Gasteiger partial charge in [0.05, 0.1) is 11.3 Å². The van der Waals surface area contributed by atoms with Crippen LogP contribution in [0.15, 0.2) is 12.3 Å². The van der Waals surface area contributed by atoms with Crippen LogP contribution in [-0.2, 0) is 7.05 Å². The first-order valence-electron chi connectivity index (χ1n) is 5.32. The van der Waals surface area contributed by atoms with Crippen molar-refractivity contribution in [1.82, 2.24) is 9.47 Å². The predicted molar refractivity (Wildman–Crippen MR) is 61.0 cm³/mol. The van der Waals surface area contributed by atoms with Gasteiger partial charge in [0, 0.05) is 26.3 Å². The minimum Gasteiger partial charge on any atom is -0.397 e. The van der Waals surface area contributed by atoms with Gasteiger partial charge in [-0.15, -0.1) is 0 Å². The molecule has 0 spiro atoms. The molecule has 1 atom stereocenters. The number of hydrogen-bond donors (Lipinski definition) is 2. The lowest BCUT2D eigenvalue weighted by molar-refractivity contribution is 0.0567. The molecule has 2 rings (SSSR count). The third kappa shape index (κ3) is 1.90. The Hall–Kier alpha value is -1.49. The maximum absolute atomic E-state index is 12.1. The van der Waals surface area contributed by atoms with Crippen LogP contribution in [0.4, 0.5) is 5.69 Å². The fraction of sp³-hybridized carbons (Fsp3) is 0.545. The lowest BCUT2D eigenvalue weighted by atomic mass is 10.1. The number of nitrogens with zero attached hydrogens (tertiary/aromatic N) is 2. The van der Waals surface area contributed by atoms with Crippen molar-refractivity contribution < 1.29 is 9.90 Å². The minimum atomic E-state index is -0.758. The maximum atomic E-state index is 12.1. The fourth-order valence-electron chi connectivity index (χ4n) is 2.08. The Kier molecular flexibility index (Phi) is 2.42. The molecular formula is C11H17N3O2. The summed E-state index contributed by atoms with van der Waals surface area (Å²) in [5.41, 5.74) is 6.02. The molecule has 0 aromatic carbocycles. The van der Waals surface area contributed by atoms with Crippen LogP contribution in [0, 0.1) is 0 Å². The van der Waals surface area contributed by atoms with Crippen molar-refractivity contribution in [3.8, 4) is 0 Å². The van der Waals surface area contributed by atoms with Crippen molar-refractivity contribution in [3.63, 3.8) is 0 Å². The van der Waals surface area contributed by atoms with Gasteiger partial charge in [-0.05, 0) is 19.4 Å². The molecule has 1 aliphatic heterocycles. The molecule has 1 aromatic heterocycles. The lowest BCUT2D eigenvalue weighted by Crippen LogP contribution is -2.34. The van der Waals surface area contributed by atoms with Crippen LogP contribution in [0.25, 0.3) is 0 Å². The Morgan fingerprint density at radius 1 is 1.62 bits per heavy atom. The number of carbonyl (C=O) groups is 1. The van der Waals surface area contributed by atoms with E-state index >= 15 is 0 Å². The minimum absolute atomic E-state index is 0.0722. The molecule has 5 nitrogen and oxygen atoms in total. The van der Waals surface area contributed by atoms with Gasteiger partial charge in [0.2, 0.25) is 0 Å². The number of aliphatic hydroxyl groups is 1. The van der Waals surface area contributed by atoms with Crippen LogP contribution >= 0.6 is 0 Å². The molecule has 0 radical (unpaired) electrons. The Morgan fingerprint density at radius 2 is 2.31 bits per heavy atom. The molecule has 0 saturated carbocycles. The summed E-state index contributed by atoms with van der Waals surface area (Å²) in [6, 6.07) is 1.66. The summed E-state index contributed by atoms with van der Waals surface area (Å²) in [4.78, 5) is 13.8. The fourth-order valence-corrected chi connectivity index (χ4v) is 2.08. The maximum Gasteiger partial charge on any atom is 0.270 e. The van der Waals surface area contributed by atoms with Crippen molar-refractivity contribution in [3.05, 3.63) is 18.0 Å². The molecule has 3 N–H and O–H groups in total. The highest BCUT2D eigenvalue weighted by atomic mass is 16.3. The number of hydrogen-bond acceptors (Lipinski definition) is 3. The predicted octanol–water partition coefficient (Wildman–Crippen LogP) is 0.204. The first-order valence-corrected chi connectivity index (χ1v) is 5.32. The number of aryl methyl sites for hydroxylation is 1. The summed E-state index contributed by atoms with van der Waals surface area (Å²) in [6.45, 7) is 2.73. The smallest absolute Gasteiger partial charge is 0.270 e. The number of anilines is 1. The van der Waals surface area contributed by atoms with E-state index in [9.17, 15) is 9.90 Å². The first kappa shape index (κ1) is 11.0. The van der Waals surface area contributed by atoms with Crippen LogP contribution in [0.5, 0.6) is 0 Å². The average Bonchev–Trinajstić information content (AvgIpc) is 2.68. The summed E-state index contributed by atoms with van der Waals surface area (Å²) in [5, 5.41) is 9.81. The molecule has 5 heteroatoms. The highest BCUT2D eigenvalue weighted by Gasteiger charge is 2.34. The zero-order chi connectivity index (χ0) is 11.9. The van der Waals surface area contributed by atoms with Gasteiger partial charge in [-0.25, -0.2) is 0 Å². The summed E-state index contributed by atoms with van der Waals surface area (Å²) in [6.07, 6.45) is 2.33. The number of nitrogen functional groups attached to an aromatic ring is 1. The monoisotopic (exact) mass is 223 g/mol. The van der Waals surface area contributed by atoms with Crippen molar-refractivity contribution in [2.75, 3.05) is 18.8 Å². The van der Waals surface area contributed by atoms with E-state index in [2.05, 4.69) is 0 Å². The second-order valence-electron chi connectivity index (χ2n) is 4.74. The van der Waals surface area contributed by atoms with Gasteiger partial charge >= 0.3 is 0 Å². The van der Waals surface area contributed by atoms with Crippen molar-refractivity contribution in [2.24, 2.45) is 7.05 Å². The largest absolute Gasteiger partial charge is 0.397 e. The highest BCUT2D eigenvalue weighted by molar-refractivity contribution is 5.94. The quantitative estimate of drug-likeness (QED) is 0.714. The van der Waals surface area contributed by atoms with E-state index < -0.39 is 5.60 Å². The van der Waals surface area contributed by atoms with Crippen molar-refractivity contribution in [2.45, 2.75) is 18.9 Å². The summed E-state index contributed by atoms with van der Waals surface area (Å²) in [5.74, 6) is -0.0722. The summed E-state index contributed by atoms with van der Waals surface area (Å²) < 4.78 is 1.71. The van der Waals surface area contributed by atoms with Crippen LogP contribution in [0.1, 0.15) is 23.8 Å². The van der Waals surface area contributed by atoms with Crippen LogP contribution in [-0.4, -0.2) is 39.2 Å². The van der Waals surface area contributed by atoms with Gasteiger partial charge in [0.15, 0.2) is 0 Å². The number of nitrogens with two attached hydrogens (primary N) is 1. The van der Waals surface area contributed by atoms with Gasteiger partial charge in [0.25, 0.3) is 5.91 Å². The van der Waals surface area contributed by atoms with Gasteiger partial charge in [0.1, 0.15) is 5.69 Å². The molecule has 1 saturated heterocycles. The Labute approximate surface area is 94.5 Å². The Bertz CT molecular complexity index is 423. The van der Waals surface area contributed by atoms with E-state index in [-0.39, 0.29) is 5.91 Å². The standard InChI is InChI=1S/C11H17N3O2/c1-11(16)3-4-14(7-11)10(15)9-5-8(12)6-13(9)2/h5-6,16H,3-4,7,12H2,1-2H3. The number of rotatable bonds is 1. The first-order chi connectivity index (χ1) is 7.39. The van der Waals surface area contributed by atoms with Crippen molar-refractivity contribution >= 4 is 11.6 Å². The highest BCUT2D eigenvalue weighted by Crippen LogP contribution is 2.22. The Balaban J connectivity index is 2.18. The summed E-state index contributed by atoms with van der Waals surface area (Å²) in [7, 11) is 1.79. The molecule has 1 aliphatic rings. The SMILES string of the molecule is Cn1cc(N)cc1C(=O)N1CCC(C)(O)C1. The van der Waals surface area contributed by atoms with E-state index in [4.69, 9.17) is 5.73 Å². The molecule has 0 bridgehead atoms. The third-order valence-electron chi connectivity index (χ3n) is 2.98. The molecule has 1 aromatic rings. The van der Waals surface area contributed by atoms with Crippen LogP contribution in [0.3, 0.4) is 0 Å². The molecule has 88 valence electrons. The molecule has 16 heavy (non-hydrogen) atoms. The van der Waals surface area contributed by atoms with E-state index in [1.165, 1.54) is 0 Å². The molecule has 1 amide bonds. The second kappa shape index (κ2) is 3.52. The molecule has 1 fully saturated rings. The Morgan fingerprint density at radius 3 is 2.75 bits per heavy atom. The van der Waals surface area contributed by atoms with Gasteiger partial charge in [-0.3, -0.25) is 4.79 Å².